The summed E-state index contributed by atoms with van der Waals surface area (Å²) >= 11 is 1.38. The molecule has 0 radical (unpaired) electrons. The monoisotopic (exact) mass is 393 g/mol. The summed E-state index contributed by atoms with van der Waals surface area (Å²) in [7, 11) is 0. The van der Waals surface area contributed by atoms with Gasteiger partial charge in [-0.25, -0.2) is 0 Å². The van der Waals surface area contributed by atoms with Crippen LogP contribution < -0.4 is 4.90 Å². The van der Waals surface area contributed by atoms with Crippen LogP contribution in [0.25, 0.3) is 5.69 Å². The quantitative estimate of drug-likeness (QED) is 0.590. The molecule has 0 saturated heterocycles. The maximum absolute atomic E-state index is 13.2. The summed E-state index contributed by atoms with van der Waals surface area (Å²) in [5.74, 6) is 0.407. The summed E-state index contributed by atoms with van der Waals surface area (Å²) in [6, 6.07) is 20.0. The van der Waals surface area contributed by atoms with E-state index in [1.54, 1.807) is 4.68 Å². The number of rotatable bonds is 6. The highest BCUT2D eigenvalue weighted by Gasteiger charge is 2.27. The first-order valence-corrected chi connectivity index (χ1v) is 10.7. The number of benzene rings is 2. The number of carbonyl (C=O) groups is 1. The number of tetrazole rings is 1. The Bertz CT molecular complexity index is 893. The van der Waals surface area contributed by atoms with Crippen molar-refractivity contribution in [2.75, 3.05) is 10.7 Å². The van der Waals surface area contributed by atoms with Crippen LogP contribution in [0.1, 0.15) is 32.1 Å². The fraction of sp³-hybridized carbons (Fsp3) is 0.333. The van der Waals surface area contributed by atoms with Crippen molar-refractivity contribution in [2.24, 2.45) is 0 Å². The summed E-state index contributed by atoms with van der Waals surface area (Å²) in [4.78, 5) is 15.2. The molecule has 1 saturated carbocycles. The van der Waals surface area contributed by atoms with Gasteiger partial charge in [0.2, 0.25) is 11.1 Å². The van der Waals surface area contributed by atoms with Gasteiger partial charge in [-0.15, -0.1) is 5.10 Å². The van der Waals surface area contributed by atoms with Gasteiger partial charge in [0, 0.05) is 11.7 Å². The fourth-order valence-electron chi connectivity index (χ4n) is 3.68. The van der Waals surface area contributed by atoms with Gasteiger partial charge in [0.25, 0.3) is 0 Å². The Balaban J connectivity index is 1.50. The molecule has 144 valence electrons. The number of para-hydroxylation sites is 2. The fourth-order valence-corrected chi connectivity index (χ4v) is 4.43. The lowest BCUT2D eigenvalue weighted by Crippen LogP contribution is -2.42. The highest BCUT2D eigenvalue weighted by Crippen LogP contribution is 2.29. The van der Waals surface area contributed by atoms with Gasteiger partial charge in [-0.3, -0.25) is 4.79 Å². The van der Waals surface area contributed by atoms with E-state index in [9.17, 15) is 4.79 Å². The van der Waals surface area contributed by atoms with Crippen LogP contribution in [-0.4, -0.2) is 37.9 Å². The summed E-state index contributed by atoms with van der Waals surface area (Å²) in [6.07, 6.45) is 5.75. The third-order valence-electron chi connectivity index (χ3n) is 5.01. The van der Waals surface area contributed by atoms with Crippen molar-refractivity contribution in [1.82, 2.24) is 20.2 Å². The van der Waals surface area contributed by atoms with E-state index in [2.05, 4.69) is 15.5 Å². The molecule has 1 fully saturated rings. The van der Waals surface area contributed by atoms with E-state index < -0.39 is 0 Å². The second kappa shape index (κ2) is 9.01. The lowest BCUT2D eigenvalue weighted by atomic mass is 9.93. The van der Waals surface area contributed by atoms with Crippen LogP contribution in [0.2, 0.25) is 0 Å². The van der Waals surface area contributed by atoms with E-state index in [0.29, 0.717) is 10.9 Å². The van der Waals surface area contributed by atoms with Crippen molar-refractivity contribution in [1.29, 1.82) is 0 Å². The Morgan fingerprint density at radius 2 is 1.68 bits per heavy atom. The van der Waals surface area contributed by atoms with Gasteiger partial charge in [0.15, 0.2) is 0 Å². The molecule has 7 heteroatoms. The predicted molar refractivity (Wildman–Crippen MR) is 111 cm³/mol. The van der Waals surface area contributed by atoms with Crippen LogP contribution >= 0.6 is 11.8 Å². The molecule has 1 heterocycles. The number of thioether (sulfide) groups is 1. The summed E-state index contributed by atoms with van der Waals surface area (Å²) in [6.45, 7) is 0. The second-order valence-corrected chi connectivity index (χ2v) is 7.83. The lowest BCUT2D eigenvalue weighted by molar-refractivity contribution is -0.116. The molecule has 4 rings (SSSR count). The summed E-state index contributed by atoms with van der Waals surface area (Å²) < 4.78 is 1.67. The number of amides is 1. The molecule has 0 bridgehead atoms. The van der Waals surface area contributed by atoms with Crippen LogP contribution in [0.15, 0.2) is 65.8 Å². The molecule has 2 aromatic carbocycles. The van der Waals surface area contributed by atoms with E-state index >= 15 is 0 Å². The van der Waals surface area contributed by atoms with Crippen LogP contribution in [0.3, 0.4) is 0 Å². The topological polar surface area (TPSA) is 63.9 Å². The van der Waals surface area contributed by atoms with Crippen molar-refractivity contribution in [3.05, 3.63) is 60.7 Å². The Hall–Kier alpha value is -2.67. The van der Waals surface area contributed by atoms with Gasteiger partial charge in [-0.05, 0) is 47.5 Å². The van der Waals surface area contributed by atoms with Crippen molar-refractivity contribution in [2.45, 2.75) is 43.3 Å². The standard InChI is InChI=1S/C21H23N5OS/c27-20(16-28-21-22-23-24-26(21)19-14-8-3-9-15-19)25(17-10-4-1-5-11-17)18-12-6-2-7-13-18/h1,3-5,8-11,14-15,18H,2,6-7,12-13,16H2. The number of aromatic nitrogens is 4. The molecular formula is C21H23N5OS. The van der Waals surface area contributed by atoms with Gasteiger partial charge >= 0.3 is 0 Å². The molecule has 1 amide bonds. The van der Waals surface area contributed by atoms with Gasteiger partial charge in [0.05, 0.1) is 11.4 Å². The maximum Gasteiger partial charge on any atom is 0.237 e. The molecule has 1 aromatic heterocycles. The zero-order valence-electron chi connectivity index (χ0n) is 15.6. The number of hydrogen-bond donors (Lipinski definition) is 0. The van der Waals surface area contributed by atoms with E-state index in [1.165, 1.54) is 31.0 Å². The van der Waals surface area contributed by atoms with E-state index in [0.717, 1.165) is 24.2 Å². The smallest absolute Gasteiger partial charge is 0.237 e. The normalized spacial score (nSPS) is 14.7. The Kier molecular flexibility index (Phi) is 6.01. The van der Waals surface area contributed by atoms with Crippen LogP contribution in [0.5, 0.6) is 0 Å². The second-order valence-electron chi connectivity index (χ2n) is 6.89. The van der Waals surface area contributed by atoms with Gasteiger partial charge in [0.1, 0.15) is 0 Å². The average molecular weight is 394 g/mol. The van der Waals surface area contributed by atoms with Gasteiger partial charge in [-0.1, -0.05) is 67.4 Å². The highest BCUT2D eigenvalue weighted by molar-refractivity contribution is 7.99. The number of nitrogens with zero attached hydrogens (tertiary/aromatic N) is 5. The minimum Gasteiger partial charge on any atom is -0.309 e. The summed E-state index contributed by atoms with van der Waals surface area (Å²) in [5.41, 5.74) is 1.86. The minimum absolute atomic E-state index is 0.103. The third-order valence-corrected chi connectivity index (χ3v) is 5.91. The van der Waals surface area contributed by atoms with Gasteiger partial charge in [-0.2, -0.15) is 4.68 Å². The number of hydrogen-bond acceptors (Lipinski definition) is 5. The first kappa shape index (κ1) is 18.7. The van der Waals surface area contributed by atoms with Crippen LogP contribution in [0.4, 0.5) is 5.69 Å². The molecular weight excluding hydrogens is 370 g/mol. The van der Waals surface area contributed by atoms with E-state index in [1.807, 2.05) is 65.6 Å². The van der Waals surface area contributed by atoms with Gasteiger partial charge < -0.3 is 4.90 Å². The molecule has 0 aliphatic heterocycles. The van der Waals surface area contributed by atoms with Crippen molar-refractivity contribution in [3.8, 4) is 5.69 Å². The maximum atomic E-state index is 13.2. The molecule has 3 aromatic rings. The lowest BCUT2D eigenvalue weighted by Gasteiger charge is -2.34. The molecule has 0 atom stereocenters. The Morgan fingerprint density at radius 3 is 2.39 bits per heavy atom. The van der Waals surface area contributed by atoms with E-state index in [4.69, 9.17) is 0 Å². The first-order chi connectivity index (χ1) is 13.8. The minimum atomic E-state index is 0.103. The largest absolute Gasteiger partial charge is 0.309 e. The molecule has 0 unspecified atom stereocenters. The highest BCUT2D eigenvalue weighted by atomic mass is 32.2. The Labute approximate surface area is 168 Å². The van der Waals surface area contributed by atoms with Crippen molar-refractivity contribution < 1.29 is 4.79 Å². The zero-order valence-corrected chi connectivity index (χ0v) is 16.5. The number of anilines is 1. The van der Waals surface area contributed by atoms with Crippen LogP contribution in [-0.2, 0) is 4.79 Å². The molecule has 1 aliphatic rings. The SMILES string of the molecule is O=C(CSc1nnnn1-c1ccccc1)N(c1ccccc1)C1CCCCC1. The summed E-state index contributed by atoms with van der Waals surface area (Å²) in [5, 5.41) is 12.6. The predicted octanol–water partition coefficient (Wildman–Crippen LogP) is 4.12. The molecule has 0 N–H and O–H groups in total. The third kappa shape index (κ3) is 4.25. The molecule has 1 aliphatic carbocycles. The molecule has 6 nitrogen and oxygen atoms in total. The Morgan fingerprint density at radius 1 is 1.00 bits per heavy atom. The van der Waals surface area contributed by atoms with Crippen molar-refractivity contribution in [3.63, 3.8) is 0 Å². The molecule has 0 spiro atoms. The zero-order chi connectivity index (χ0) is 19.2. The average Bonchev–Trinajstić information content (AvgIpc) is 3.23. The first-order valence-electron chi connectivity index (χ1n) is 9.66. The van der Waals surface area contributed by atoms with Crippen LogP contribution in [0, 0.1) is 0 Å². The van der Waals surface area contributed by atoms with E-state index in [-0.39, 0.29) is 11.9 Å². The van der Waals surface area contributed by atoms with Crippen molar-refractivity contribution >= 4 is 23.4 Å². The molecule has 28 heavy (non-hydrogen) atoms. The number of carbonyl (C=O) groups excluding carboxylic acids is 1.